The van der Waals surface area contributed by atoms with Crippen LogP contribution in [-0.2, 0) is 4.79 Å². The van der Waals surface area contributed by atoms with Crippen LogP contribution in [0.15, 0.2) is 18.2 Å². The third-order valence-electron chi connectivity index (χ3n) is 2.17. The molecule has 0 saturated heterocycles. The Morgan fingerprint density at radius 1 is 1.65 bits per heavy atom. The fraction of sp³-hybridized carbons (Fsp3) is 0.333. The summed E-state index contributed by atoms with van der Waals surface area (Å²) in [6, 6.07) is 6.41. The van der Waals surface area contributed by atoms with Gasteiger partial charge >= 0.3 is 5.97 Å². The van der Waals surface area contributed by atoms with Gasteiger partial charge in [-0.3, -0.25) is 0 Å². The quantitative estimate of drug-likeness (QED) is 0.876. The number of hydrogen-bond acceptors (Lipinski definition) is 3. The van der Waals surface area contributed by atoms with Gasteiger partial charge in [0, 0.05) is 6.07 Å². The molecule has 0 heterocycles. The highest BCUT2D eigenvalue weighted by molar-refractivity contribution is 6.31. The first-order valence-electron chi connectivity index (χ1n) is 5.17. The van der Waals surface area contributed by atoms with E-state index in [9.17, 15) is 4.79 Å². The highest BCUT2D eigenvalue weighted by Gasteiger charge is 2.18. The summed E-state index contributed by atoms with van der Waals surface area (Å²) in [4.78, 5) is 10.9. The van der Waals surface area contributed by atoms with Gasteiger partial charge < -0.3 is 9.84 Å². The number of aliphatic carboxylic acids is 1. The van der Waals surface area contributed by atoms with Crippen molar-refractivity contribution >= 4 is 17.6 Å². The van der Waals surface area contributed by atoms with Gasteiger partial charge in [0.2, 0.25) is 0 Å². The van der Waals surface area contributed by atoms with Crippen LogP contribution in [0.2, 0.25) is 5.02 Å². The van der Waals surface area contributed by atoms with Gasteiger partial charge in [-0.15, -0.1) is 0 Å². The van der Waals surface area contributed by atoms with E-state index in [1.54, 1.807) is 0 Å². The molecule has 0 aliphatic heterocycles. The third kappa shape index (κ3) is 3.65. The Hall–Kier alpha value is -1.73. The van der Waals surface area contributed by atoms with Gasteiger partial charge in [0.1, 0.15) is 11.8 Å². The minimum absolute atomic E-state index is 0.255. The first-order valence-corrected chi connectivity index (χ1v) is 5.55. The van der Waals surface area contributed by atoms with Crippen LogP contribution in [0.3, 0.4) is 0 Å². The summed E-state index contributed by atoms with van der Waals surface area (Å²) < 4.78 is 5.30. The number of halogens is 1. The van der Waals surface area contributed by atoms with Crippen molar-refractivity contribution in [3.63, 3.8) is 0 Å². The van der Waals surface area contributed by atoms with Crippen molar-refractivity contribution in [2.24, 2.45) is 0 Å². The lowest BCUT2D eigenvalue weighted by molar-refractivity contribution is -0.145. The number of carboxylic acid groups (broad SMARTS) is 1. The van der Waals surface area contributed by atoms with E-state index >= 15 is 0 Å². The maximum absolute atomic E-state index is 10.9. The van der Waals surface area contributed by atoms with Crippen LogP contribution in [0, 0.1) is 11.3 Å². The molecule has 0 radical (unpaired) electrons. The molecule has 0 unspecified atom stereocenters. The molecular formula is C12H12ClNO3. The molecule has 1 aromatic rings. The zero-order chi connectivity index (χ0) is 12.8. The molecule has 1 N–H and O–H groups in total. The molecular weight excluding hydrogens is 242 g/mol. The van der Waals surface area contributed by atoms with E-state index in [-0.39, 0.29) is 5.02 Å². The van der Waals surface area contributed by atoms with Gasteiger partial charge in [-0.05, 0) is 18.6 Å². The second-order valence-corrected chi connectivity index (χ2v) is 3.89. The van der Waals surface area contributed by atoms with Crippen molar-refractivity contribution in [3.8, 4) is 11.8 Å². The second kappa shape index (κ2) is 6.12. The maximum atomic E-state index is 10.9. The SMILES string of the molecule is CCC[C@H](Oc1ccc(C#N)c(Cl)c1)C(=O)O. The normalized spacial score (nSPS) is 11.6. The average molecular weight is 254 g/mol. The Morgan fingerprint density at radius 3 is 2.82 bits per heavy atom. The average Bonchev–Trinajstić information content (AvgIpc) is 2.28. The Morgan fingerprint density at radius 2 is 2.35 bits per heavy atom. The van der Waals surface area contributed by atoms with E-state index in [2.05, 4.69) is 0 Å². The van der Waals surface area contributed by atoms with Gasteiger partial charge in [0.05, 0.1) is 10.6 Å². The topological polar surface area (TPSA) is 70.3 Å². The highest BCUT2D eigenvalue weighted by atomic mass is 35.5. The van der Waals surface area contributed by atoms with E-state index in [0.29, 0.717) is 24.2 Å². The Balaban J connectivity index is 2.84. The number of rotatable bonds is 5. The van der Waals surface area contributed by atoms with Gasteiger partial charge in [-0.2, -0.15) is 5.26 Å². The number of nitriles is 1. The predicted octanol–water partition coefficient (Wildman–Crippen LogP) is 2.84. The van der Waals surface area contributed by atoms with E-state index in [0.717, 1.165) is 0 Å². The third-order valence-corrected chi connectivity index (χ3v) is 2.48. The lowest BCUT2D eigenvalue weighted by Gasteiger charge is -2.14. The first-order chi connectivity index (χ1) is 8.08. The number of ether oxygens (including phenoxy) is 1. The van der Waals surface area contributed by atoms with Crippen LogP contribution in [0.5, 0.6) is 5.75 Å². The molecule has 0 bridgehead atoms. The Labute approximate surface area is 104 Å². The highest BCUT2D eigenvalue weighted by Crippen LogP contribution is 2.23. The fourth-order valence-corrected chi connectivity index (χ4v) is 1.53. The molecule has 0 aliphatic carbocycles. The van der Waals surface area contributed by atoms with Crippen molar-refractivity contribution < 1.29 is 14.6 Å². The monoisotopic (exact) mass is 253 g/mol. The van der Waals surface area contributed by atoms with E-state index in [1.807, 2.05) is 13.0 Å². The van der Waals surface area contributed by atoms with E-state index < -0.39 is 12.1 Å². The van der Waals surface area contributed by atoms with Crippen LogP contribution < -0.4 is 4.74 Å². The van der Waals surface area contributed by atoms with Crippen molar-refractivity contribution in [2.45, 2.75) is 25.9 Å². The van der Waals surface area contributed by atoms with Crippen molar-refractivity contribution in [3.05, 3.63) is 28.8 Å². The van der Waals surface area contributed by atoms with Crippen LogP contribution in [0.25, 0.3) is 0 Å². The van der Waals surface area contributed by atoms with Crippen LogP contribution in [0.1, 0.15) is 25.3 Å². The molecule has 0 spiro atoms. The van der Waals surface area contributed by atoms with Gasteiger partial charge in [-0.1, -0.05) is 24.9 Å². The Kier molecular flexibility index (Phi) is 4.80. The molecule has 1 aromatic carbocycles. The molecule has 5 heteroatoms. The molecule has 0 saturated carbocycles. The minimum Gasteiger partial charge on any atom is -0.479 e. The number of carboxylic acids is 1. The van der Waals surface area contributed by atoms with E-state index in [1.165, 1.54) is 18.2 Å². The Bertz CT molecular complexity index is 454. The van der Waals surface area contributed by atoms with Gasteiger partial charge in [-0.25, -0.2) is 4.79 Å². The summed E-state index contributed by atoms with van der Waals surface area (Å²) >= 11 is 5.82. The number of benzene rings is 1. The number of hydrogen-bond donors (Lipinski definition) is 1. The molecule has 90 valence electrons. The summed E-state index contributed by atoms with van der Waals surface area (Å²) in [5.74, 6) is -0.651. The zero-order valence-corrected chi connectivity index (χ0v) is 10.1. The number of carbonyl (C=O) groups is 1. The predicted molar refractivity (Wildman–Crippen MR) is 63.1 cm³/mol. The first kappa shape index (κ1) is 13.3. The summed E-state index contributed by atoms with van der Waals surface area (Å²) in [5, 5.41) is 17.9. The lowest BCUT2D eigenvalue weighted by atomic mass is 10.2. The standard InChI is InChI=1S/C12H12ClNO3/c1-2-3-11(12(15)16)17-9-5-4-8(7-14)10(13)6-9/h4-6,11H,2-3H2,1H3,(H,15,16)/t11-/m0/s1. The lowest BCUT2D eigenvalue weighted by Crippen LogP contribution is -2.26. The van der Waals surface area contributed by atoms with Gasteiger partial charge in [0.15, 0.2) is 6.10 Å². The summed E-state index contributed by atoms with van der Waals surface area (Å²) in [7, 11) is 0. The van der Waals surface area contributed by atoms with Crippen LogP contribution in [-0.4, -0.2) is 17.2 Å². The minimum atomic E-state index is -1.01. The van der Waals surface area contributed by atoms with Crippen LogP contribution in [0.4, 0.5) is 0 Å². The summed E-state index contributed by atoms with van der Waals surface area (Å²) in [6.45, 7) is 1.88. The largest absolute Gasteiger partial charge is 0.479 e. The maximum Gasteiger partial charge on any atom is 0.344 e. The molecule has 0 amide bonds. The summed E-state index contributed by atoms with van der Waals surface area (Å²) in [6.07, 6.45) is 0.248. The molecule has 4 nitrogen and oxygen atoms in total. The molecule has 0 aromatic heterocycles. The van der Waals surface area contributed by atoms with Crippen molar-refractivity contribution in [2.75, 3.05) is 0 Å². The number of nitrogens with zero attached hydrogens (tertiary/aromatic N) is 1. The molecule has 1 atom stereocenters. The molecule has 1 rings (SSSR count). The van der Waals surface area contributed by atoms with Crippen molar-refractivity contribution in [1.82, 2.24) is 0 Å². The molecule has 0 fully saturated rings. The zero-order valence-electron chi connectivity index (χ0n) is 9.31. The van der Waals surface area contributed by atoms with Gasteiger partial charge in [0.25, 0.3) is 0 Å². The molecule has 17 heavy (non-hydrogen) atoms. The summed E-state index contributed by atoms with van der Waals surface area (Å²) in [5.41, 5.74) is 0.335. The smallest absolute Gasteiger partial charge is 0.344 e. The fourth-order valence-electron chi connectivity index (χ4n) is 1.32. The van der Waals surface area contributed by atoms with E-state index in [4.69, 9.17) is 26.7 Å². The van der Waals surface area contributed by atoms with Crippen LogP contribution >= 0.6 is 11.6 Å². The molecule has 0 aliphatic rings. The second-order valence-electron chi connectivity index (χ2n) is 3.49. The van der Waals surface area contributed by atoms with Crippen molar-refractivity contribution in [1.29, 1.82) is 5.26 Å².